The van der Waals surface area contributed by atoms with Gasteiger partial charge in [-0.25, -0.2) is 0 Å². The predicted molar refractivity (Wildman–Crippen MR) is 86.2 cm³/mol. The van der Waals surface area contributed by atoms with Crippen LogP contribution < -0.4 is 10.2 Å². The molecule has 1 N–H and O–H groups in total. The van der Waals surface area contributed by atoms with Crippen molar-refractivity contribution < 1.29 is 18.0 Å². The number of piperidine rings is 1. The minimum absolute atomic E-state index is 0.0173. The number of hydrogen-bond acceptors (Lipinski definition) is 4. The van der Waals surface area contributed by atoms with Gasteiger partial charge in [0.1, 0.15) is 0 Å². The first-order valence-corrected chi connectivity index (χ1v) is 8.34. The first-order valence-electron chi connectivity index (χ1n) is 8.34. The molecule has 9 heteroatoms. The summed E-state index contributed by atoms with van der Waals surface area (Å²) in [7, 11) is 0. The summed E-state index contributed by atoms with van der Waals surface area (Å²) >= 11 is 0. The van der Waals surface area contributed by atoms with Crippen molar-refractivity contribution in [3.8, 4) is 0 Å². The summed E-state index contributed by atoms with van der Waals surface area (Å²) < 4.78 is 40.2. The molecule has 0 saturated carbocycles. The Morgan fingerprint density at radius 1 is 1.36 bits per heavy atom. The molecule has 136 valence electrons. The Morgan fingerprint density at radius 3 is 2.88 bits per heavy atom. The Morgan fingerprint density at radius 2 is 2.16 bits per heavy atom. The van der Waals surface area contributed by atoms with E-state index in [1.54, 1.807) is 0 Å². The van der Waals surface area contributed by atoms with Crippen LogP contribution in [0.4, 0.5) is 19.1 Å². The third kappa shape index (κ3) is 3.69. The zero-order chi connectivity index (χ0) is 18.0. The lowest BCUT2D eigenvalue weighted by atomic mass is 9.97. The SMILES string of the molecule is CCCNC(=O)[C@H]1CCCN(c2nnc3ccc(C(F)(F)F)cn23)C1. The molecule has 0 aliphatic carbocycles. The lowest BCUT2D eigenvalue weighted by Crippen LogP contribution is -2.43. The van der Waals surface area contributed by atoms with E-state index in [-0.39, 0.29) is 11.8 Å². The number of pyridine rings is 1. The van der Waals surface area contributed by atoms with Gasteiger partial charge in [-0.2, -0.15) is 13.2 Å². The fraction of sp³-hybridized carbons (Fsp3) is 0.562. The molecule has 3 heterocycles. The third-order valence-corrected chi connectivity index (χ3v) is 4.34. The lowest BCUT2D eigenvalue weighted by molar-refractivity contribution is -0.137. The molecule has 1 amide bonds. The number of nitrogens with one attached hydrogen (secondary N) is 1. The largest absolute Gasteiger partial charge is 0.417 e. The zero-order valence-electron chi connectivity index (χ0n) is 13.9. The fourth-order valence-electron chi connectivity index (χ4n) is 3.03. The molecule has 25 heavy (non-hydrogen) atoms. The molecular formula is C16H20F3N5O. The van der Waals surface area contributed by atoms with E-state index in [2.05, 4.69) is 15.5 Å². The highest BCUT2D eigenvalue weighted by molar-refractivity contribution is 5.79. The lowest BCUT2D eigenvalue weighted by Gasteiger charge is -2.32. The second-order valence-electron chi connectivity index (χ2n) is 6.22. The summed E-state index contributed by atoms with van der Waals surface area (Å²) in [5.74, 6) is 0.129. The van der Waals surface area contributed by atoms with Crippen molar-refractivity contribution in [3.63, 3.8) is 0 Å². The van der Waals surface area contributed by atoms with E-state index in [1.165, 1.54) is 10.5 Å². The average molecular weight is 355 g/mol. The van der Waals surface area contributed by atoms with Gasteiger partial charge < -0.3 is 10.2 Å². The van der Waals surface area contributed by atoms with E-state index >= 15 is 0 Å². The second-order valence-corrected chi connectivity index (χ2v) is 6.22. The maximum atomic E-state index is 13.0. The van der Waals surface area contributed by atoms with Crippen LogP contribution in [0.2, 0.25) is 0 Å². The monoisotopic (exact) mass is 355 g/mol. The Labute approximate surface area is 143 Å². The van der Waals surface area contributed by atoms with Crippen LogP contribution in [0.15, 0.2) is 18.3 Å². The molecule has 2 aromatic heterocycles. The van der Waals surface area contributed by atoms with Gasteiger partial charge in [0.2, 0.25) is 11.9 Å². The van der Waals surface area contributed by atoms with Crippen LogP contribution in [0, 0.1) is 5.92 Å². The van der Waals surface area contributed by atoms with Crippen LogP contribution in [-0.2, 0) is 11.0 Å². The smallest absolute Gasteiger partial charge is 0.356 e. The molecule has 0 radical (unpaired) electrons. The van der Waals surface area contributed by atoms with Gasteiger partial charge in [-0.05, 0) is 31.4 Å². The number of rotatable bonds is 4. The van der Waals surface area contributed by atoms with E-state index in [9.17, 15) is 18.0 Å². The van der Waals surface area contributed by atoms with Crippen LogP contribution in [-0.4, -0.2) is 40.1 Å². The molecule has 0 bridgehead atoms. The Kier molecular flexibility index (Phi) is 4.82. The van der Waals surface area contributed by atoms with Crippen molar-refractivity contribution in [1.82, 2.24) is 19.9 Å². The van der Waals surface area contributed by atoms with Crippen molar-refractivity contribution in [2.24, 2.45) is 5.92 Å². The van der Waals surface area contributed by atoms with Crippen LogP contribution in [0.1, 0.15) is 31.7 Å². The van der Waals surface area contributed by atoms with Gasteiger partial charge in [0.15, 0.2) is 5.65 Å². The van der Waals surface area contributed by atoms with Gasteiger partial charge in [0, 0.05) is 25.8 Å². The molecule has 0 unspecified atom stereocenters. The maximum Gasteiger partial charge on any atom is 0.417 e. The average Bonchev–Trinajstić information content (AvgIpc) is 3.02. The van der Waals surface area contributed by atoms with Gasteiger partial charge in [-0.1, -0.05) is 6.92 Å². The van der Waals surface area contributed by atoms with Gasteiger partial charge in [0.25, 0.3) is 0 Å². The summed E-state index contributed by atoms with van der Waals surface area (Å²) in [5.41, 5.74) is -0.407. The van der Waals surface area contributed by atoms with Crippen LogP contribution in [0.3, 0.4) is 0 Å². The van der Waals surface area contributed by atoms with Crippen LogP contribution in [0.5, 0.6) is 0 Å². The number of fused-ring (bicyclic) bond motifs is 1. The highest BCUT2D eigenvalue weighted by Gasteiger charge is 2.32. The highest BCUT2D eigenvalue weighted by Crippen LogP contribution is 2.30. The number of carbonyl (C=O) groups excluding carboxylic acids is 1. The number of nitrogens with zero attached hydrogens (tertiary/aromatic N) is 4. The van der Waals surface area contributed by atoms with Crippen molar-refractivity contribution in [3.05, 3.63) is 23.9 Å². The number of alkyl halides is 3. The maximum absolute atomic E-state index is 13.0. The van der Waals surface area contributed by atoms with E-state index in [0.717, 1.165) is 31.5 Å². The summed E-state index contributed by atoms with van der Waals surface area (Å²) in [6.45, 7) is 3.66. The second kappa shape index (κ2) is 6.89. The first-order chi connectivity index (χ1) is 11.9. The number of hydrogen-bond donors (Lipinski definition) is 1. The molecule has 6 nitrogen and oxygen atoms in total. The predicted octanol–water partition coefficient (Wildman–Crippen LogP) is 2.49. The first kappa shape index (κ1) is 17.5. The van der Waals surface area contributed by atoms with Gasteiger partial charge >= 0.3 is 6.18 Å². The summed E-state index contributed by atoms with van der Waals surface area (Å²) in [5, 5.41) is 10.9. The molecule has 2 aromatic rings. The Balaban J connectivity index is 1.84. The molecular weight excluding hydrogens is 335 g/mol. The standard InChI is InChI=1S/C16H20F3N5O/c1-2-7-20-14(25)11-4-3-8-23(9-11)15-22-21-13-6-5-12(10-24(13)15)16(17,18)19/h5-6,10-11H,2-4,7-9H2,1H3,(H,20,25)/t11-/m0/s1. The van der Waals surface area contributed by atoms with Crippen molar-refractivity contribution in [2.75, 3.05) is 24.5 Å². The molecule has 3 rings (SSSR count). The van der Waals surface area contributed by atoms with E-state index < -0.39 is 11.7 Å². The number of aromatic nitrogens is 3. The molecule has 1 atom stereocenters. The summed E-state index contributed by atoms with van der Waals surface area (Å²) in [6.07, 6.45) is -1.03. The zero-order valence-corrected chi connectivity index (χ0v) is 13.9. The quantitative estimate of drug-likeness (QED) is 0.915. The van der Waals surface area contributed by atoms with Crippen LogP contribution >= 0.6 is 0 Å². The molecule has 1 aliphatic heterocycles. The normalized spacial score (nSPS) is 18.6. The minimum atomic E-state index is -4.43. The number of anilines is 1. The molecule has 1 fully saturated rings. The number of amides is 1. The van der Waals surface area contributed by atoms with Crippen molar-refractivity contribution >= 4 is 17.5 Å². The third-order valence-electron chi connectivity index (χ3n) is 4.34. The van der Waals surface area contributed by atoms with E-state index in [0.29, 0.717) is 31.2 Å². The topological polar surface area (TPSA) is 62.5 Å². The molecule has 0 spiro atoms. The summed E-state index contributed by atoms with van der Waals surface area (Å²) in [4.78, 5) is 14.0. The Bertz CT molecular complexity index is 758. The van der Waals surface area contributed by atoms with E-state index in [4.69, 9.17) is 0 Å². The molecule has 0 aromatic carbocycles. The number of carbonyl (C=O) groups is 1. The van der Waals surface area contributed by atoms with Gasteiger partial charge in [-0.3, -0.25) is 9.20 Å². The Hall–Kier alpha value is -2.32. The van der Waals surface area contributed by atoms with Gasteiger partial charge in [0.05, 0.1) is 11.5 Å². The molecule has 1 saturated heterocycles. The molecule has 1 aliphatic rings. The highest BCUT2D eigenvalue weighted by atomic mass is 19.4. The number of halogens is 3. The summed E-state index contributed by atoms with van der Waals surface area (Å²) in [6, 6.07) is 2.29. The minimum Gasteiger partial charge on any atom is -0.356 e. The van der Waals surface area contributed by atoms with Gasteiger partial charge in [-0.15, -0.1) is 10.2 Å². The fourth-order valence-corrected chi connectivity index (χ4v) is 3.03. The van der Waals surface area contributed by atoms with Crippen LogP contribution in [0.25, 0.3) is 5.65 Å². The van der Waals surface area contributed by atoms with Crippen molar-refractivity contribution in [2.45, 2.75) is 32.4 Å². The van der Waals surface area contributed by atoms with E-state index in [1.807, 2.05) is 11.8 Å². The van der Waals surface area contributed by atoms with Crippen molar-refractivity contribution in [1.29, 1.82) is 0 Å².